The fraction of sp³-hybridized carbons (Fsp3) is 0.238. The Labute approximate surface area is 165 Å². The topological polar surface area (TPSA) is 58.2 Å². The van der Waals surface area contributed by atoms with E-state index in [4.69, 9.17) is 4.74 Å². The fourth-order valence-corrected chi connectivity index (χ4v) is 3.32. The molecule has 1 amide bonds. The van der Waals surface area contributed by atoms with Crippen molar-refractivity contribution in [2.45, 2.75) is 19.1 Å². The third kappa shape index (κ3) is 4.11. The Balaban J connectivity index is 1.41. The molecule has 0 saturated heterocycles. The molecule has 1 aromatic heterocycles. The number of benzene rings is 2. The second-order valence-corrected chi connectivity index (χ2v) is 6.77. The van der Waals surface area contributed by atoms with Crippen LogP contribution < -0.4 is 4.74 Å². The Kier molecular flexibility index (Phi) is 5.00. The number of carbonyl (C=O) groups is 1. The van der Waals surface area contributed by atoms with E-state index >= 15 is 0 Å². The van der Waals surface area contributed by atoms with Crippen LogP contribution in [0.4, 0.5) is 13.2 Å². The number of nitrogens with one attached hydrogen (secondary N) is 1. The van der Waals surface area contributed by atoms with Gasteiger partial charge in [-0.3, -0.25) is 9.89 Å². The Bertz CT molecular complexity index is 998. The monoisotopic (exact) mass is 401 g/mol. The average molecular weight is 401 g/mol. The van der Waals surface area contributed by atoms with Crippen LogP contribution in [0.5, 0.6) is 5.75 Å². The number of nitrogens with zero attached hydrogens (tertiary/aromatic N) is 2. The molecule has 29 heavy (non-hydrogen) atoms. The normalized spacial score (nSPS) is 13.8. The van der Waals surface area contributed by atoms with Gasteiger partial charge in [0.2, 0.25) is 0 Å². The maximum absolute atomic E-state index is 12.6. The predicted octanol–water partition coefficient (Wildman–Crippen LogP) is 4.06. The lowest BCUT2D eigenvalue weighted by atomic mass is 10.0. The smallest absolute Gasteiger partial charge is 0.416 e. The van der Waals surface area contributed by atoms with Gasteiger partial charge in [0.25, 0.3) is 5.91 Å². The molecule has 1 aliphatic rings. The summed E-state index contributed by atoms with van der Waals surface area (Å²) in [6, 6.07) is 14.0. The number of fused-ring (bicyclic) bond motifs is 1. The lowest BCUT2D eigenvalue weighted by Crippen LogP contribution is -2.38. The summed E-state index contributed by atoms with van der Waals surface area (Å²) in [6.07, 6.45) is -3.75. The zero-order valence-electron chi connectivity index (χ0n) is 15.4. The van der Waals surface area contributed by atoms with Gasteiger partial charge in [0.1, 0.15) is 5.75 Å². The molecule has 5 nitrogen and oxygen atoms in total. The van der Waals surface area contributed by atoms with E-state index in [1.807, 2.05) is 30.3 Å². The SMILES string of the molecule is O=C(COc1ccc(C(F)(F)F)cc1)N1CCc2[nH]nc(-c3ccccc3)c2C1. The Morgan fingerprint density at radius 1 is 1.10 bits per heavy atom. The van der Waals surface area contributed by atoms with Crippen LogP contribution in [-0.4, -0.2) is 34.2 Å². The van der Waals surface area contributed by atoms with Gasteiger partial charge in [-0.25, -0.2) is 0 Å². The van der Waals surface area contributed by atoms with E-state index < -0.39 is 11.7 Å². The van der Waals surface area contributed by atoms with Crippen LogP contribution in [-0.2, 0) is 23.9 Å². The highest BCUT2D eigenvalue weighted by Gasteiger charge is 2.30. The van der Waals surface area contributed by atoms with Crippen molar-refractivity contribution in [3.05, 3.63) is 71.4 Å². The summed E-state index contributed by atoms with van der Waals surface area (Å²) in [5.74, 6) is -0.00639. The summed E-state index contributed by atoms with van der Waals surface area (Å²) < 4.78 is 43.2. The zero-order chi connectivity index (χ0) is 20.4. The summed E-state index contributed by atoms with van der Waals surface area (Å²) in [5, 5.41) is 7.45. The summed E-state index contributed by atoms with van der Waals surface area (Å²) in [5.41, 5.74) is 3.03. The van der Waals surface area contributed by atoms with Crippen LogP contribution in [0.2, 0.25) is 0 Å². The van der Waals surface area contributed by atoms with Crippen molar-refractivity contribution in [2.75, 3.05) is 13.2 Å². The van der Waals surface area contributed by atoms with E-state index in [1.54, 1.807) is 4.90 Å². The second-order valence-electron chi connectivity index (χ2n) is 6.77. The van der Waals surface area contributed by atoms with E-state index in [-0.39, 0.29) is 18.3 Å². The van der Waals surface area contributed by atoms with Gasteiger partial charge in [0, 0.05) is 36.3 Å². The van der Waals surface area contributed by atoms with E-state index in [0.717, 1.165) is 34.6 Å². The summed E-state index contributed by atoms with van der Waals surface area (Å²) in [4.78, 5) is 14.2. The highest BCUT2D eigenvalue weighted by Crippen LogP contribution is 2.31. The molecule has 150 valence electrons. The molecule has 0 radical (unpaired) electrons. The molecular formula is C21H18F3N3O2. The lowest BCUT2D eigenvalue weighted by Gasteiger charge is -2.27. The van der Waals surface area contributed by atoms with Gasteiger partial charge in [-0.05, 0) is 24.3 Å². The number of rotatable bonds is 4. The minimum atomic E-state index is -4.40. The molecule has 2 heterocycles. The summed E-state index contributed by atoms with van der Waals surface area (Å²) >= 11 is 0. The molecule has 0 bridgehead atoms. The molecule has 0 unspecified atom stereocenters. The van der Waals surface area contributed by atoms with Crippen molar-refractivity contribution in [3.63, 3.8) is 0 Å². The van der Waals surface area contributed by atoms with Crippen molar-refractivity contribution >= 4 is 5.91 Å². The number of hydrogen-bond donors (Lipinski definition) is 1. The molecule has 8 heteroatoms. The second kappa shape index (κ2) is 7.62. The Hall–Kier alpha value is -3.29. The Morgan fingerprint density at radius 2 is 1.83 bits per heavy atom. The van der Waals surface area contributed by atoms with Crippen molar-refractivity contribution in [1.82, 2.24) is 15.1 Å². The number of halogens is 3. The number of aromatic nitrogens is 2. The molecule has 0 spiro atoms. The molecule has 0 aliphatic carbocycles. The largest absolute Gasteiger partial charge is 0.484 e. The molecule has 0 atom stereocenters. The molecule has 4 rings (SSSR count). The molecule has 2 aromatic carbocycles. The third-order valence-electron chi connectivity index (χ3n) is 4.88. The van der Waals surface area contributed by atoms with Gasteiger partial charge in [0.05, 0.1) is 11.3 Å². The van der Waals surface area contributed by atoms with E-state index in [2.05, 4.69) is 10.2 Å². The maximum Gasteiger partial charge on any atom is 0.416 e. The van der Waals surface area contributed by atoms with E-state index in [1.165, 1.54) is 12.1 Å². The number of hydrogen-bond acceptors (Lipinski definition) is 3. The van der Waals surface area contributed by atoms with Crippen LogP contribution in [0.1, 0.15) is 16.8 Å². The van der Waals surface area contributed by atoms with E-state index in [0.29, 0.717) is 19.5 Å². The third-order valence-corrected chi connectivity index (χ3v) is 4.88. The number of H-pyrrole nitrogens is 1. The quantitative estimate of drug-likeness (QED) is 0.717. The zero-order valence-corrected chi connectivity index (χ0v) is 15.4. The first-order chi connectivity index (χ1) is 13.9. The number of amides is 1. The number of alkyl halides is 3. The van der Waals surface area contributed by atoms with Gasteiger partial charge >= 0.3 is 6.18 Å². The van der Waals surface area contributed by atoms with Crippen LogP contribution in [0.3, 0.4) is 0 Å². The first kappa shape index (κ1) is 19.0. The lowest BCUT2D eigenvalue weighted by molar-refractivity contribution is -0.138. The highest BCUT2D eigenvalue weighted by atomic mass is 19.4. The minimum Gasteiger partial charge on any atom is -0.484 e. The Morgan fingerprint density at radius 3 is 2.52 bits per heavy atom. The predicted molar refractivity (Wildman–Crippen MR) is 100 cm³/mol. The maximum atomic E-state index is 12.6. The molecule has 0 fully saturated rings. The van der Waals surface area contributed by atoms with Gasteiger partial charge in [-0.15, -0.1) is 0 Å². The van der Waals surface area contributed by atoms with E-state index in [9.17, 15) is 18.0 Å². The van der Waals surface area contributed by atoms with Crippen LogP contribution in [0, 0.1) is 0 Å². The first-order valence-corrected chi connectivity index (χ1v) is 9.11. The highest BCUT2D eigenvalue weighted by molar-refractivity contribution is 5.78. The molecule has 3 aromatic rings. The number of carbonyl (C=O) groups excluding carboxylic acids is 1. The molecular weight excluding hydrogens is 383 g/mol. The van der Waals surface area contributed by atoms with Gasteiger partial charge in [0.15, 0.2) is 6.61 Å². The molecule has 1 N–H and O–H groups in total. The molecule has 1 aliphatic heterocycles. The average Bonchev–Trinajstić information content (AvgIpc) is 3.15. The fourth-order valence-electron chi connectivity index (χ4n) is 3.32. The van der Waals surface area contributed by atoms with Gasteiger partial charge < -0.3 is 9.64 Å². The molecule has 0 saturated carbocycles. The standard InChI is InChI=1S/C21H18F3N3O2/c22-21(23,24)15-6-8-16(9-7-15)29-13-19(28)27-11-10-18-17(12-27)20(26-25-18)14-4-2-1-3-5-14/h1-9H,10-13H2,(H,25,26). The summed E-state index contributed by atoms with van der Waals surface area (Å²) in [7, 11) is 0. The van der Waals surface area contributed by atoms with Gasteiger partial charge in [-0.2, -0.15) is 18.3 Å². The van der Waals surface area contributed by atoms with Gasteiger partial charge in [-0.1, -0.05) is 30.3 Å². The van der Waals surface area contributed by atoms with Crippen molar-refractivity contribution < 1.29 is 22.7 Å². The van der Waals surface area contributed by atoms with Crippen molar-refractivity contribution in [1.29, 1.82) is 0 Å². The van der Waals surface area contributed by atoms with Crippen LogP contribution in [0.25, 0.3) is 11.3 Å². The first-order valence-electron chi connectivity index (χ1n) is 9.11. The van der Waals surface area contributed by atoms with Crippen LogP contribution >= 0.6 is 0 Å². The minimum absolute atomic E-state index is 0.220. The van der Waals surface area contributed by atoms with Crippen LogP contribution in [0.15, 0.2) is 54.6 Å². The van der Waals surface area contributed by atoms with Crippen molar-refractivity contribution in [2.24, 2.45) is 0 Å². The summed E-state index contributed by atoms with van der Waals surface area (Å²) in [6.45, 7) is 0.698. The number of aromatic amines is 1. The number of ether oxygens (including phenoxy) is 1. The van der Waals surface area contributed by atoms with Crippen molar-refractivity contribution in [3.8, 4) is 17.0 Å².